The van der Waals surface area contributed by atoms with E-state index in [9.17, 15) is 9.59 Å². The number of nitrogens with zero attached hydrogens (tertiary/aromatic N) is 4. The minimum absolute atomic E-state index is 0.105. The van der Waals surface area contributed by atoms with Gasteiger partial charge in [0, 0.05) is 48.7 Å². The normalized spacial score (nSPS) is 12.2. The van der Waals surface area contributed by atoms with Gasteiger partial charge in [0.15, 0.2) is 12.2 Å². The van der Waals surface area contributed by atoms with E-state index < -0.39 is 0 Å². The number of hydrogen-bond acceptors (Lipinski definition) is 7. The molecule has 3 aromatic heterocycles. The van der Waals surface area contributed by atoms with Crippen molar-refractivity contribution in [1.29, 1.82) is 0 Å². The topological polar surface area (TPSA) is 141 Å². The van der Waals surface area contributed by atoms with Crippen molar-refractivity contribution in [3.8, 4) is 34.6 Å². The first-order valence-corrected chi connectivity index (χ1v) is 12.9. The van der Waals surface area contributed by atoms with Gasteiger partial charge in [0.1, 0.15) is 5.69 Å². The number of amides is 2. The number of carbonyl (C=O) groups is 2. The highest BCUT2D eigenvalue weighted by molar-refractivity contribution is 5.98. The number of rotatable bonds is 5. The largest absolute Gasteiger partial charge is 0.444 e. The van der Waals surface area contributed by atoms with Crippen molar-refractivity contribution in [2.45, 2.75) is 12.8 Å². The van der Waals surface area contributed by atoms with E-state index in [-0.39, 0.29) is 24.2 Å². The molecule has 41 heavy (non-hydrogen) atoms. The second kappa shape index (κ2) is 10.8. The maximum atomic E-state index is 12.8. The van der Waals surface area contributed by atoms with Crippen molar-refractivity contribution < 1.29 is 14.0 Å². The quantitative estimate of drug-likeness (QED) is 0.288. The number of nitrogens with two attached hydrogens (primary N) is 1. The molecule has 10 heteroatoms. The van der Waals surface area contributed by atoms with Gasteiger partial charge < -0.3 is 25.4 Å². The van der Waals surface area contributed by atoms with Crippen LogP contribution in [0.1, 0.15) is 32.7 Å². The van der Waals surface area contributed by atoms with Gasteiger partial charge in [-0.3, -0.25) is 9.59 Å². The zero-order valence-corrected chi connectivity index (χ0v) is 22.1. The first-order chi connectivity index (χ1) is 19.9. The number of benzene rings is 2. The Labute approximate surface area is 235 Å². The lowest BCUT2D eigenvalue weighted by Gasteiger charge is -2.14. The van der Waals surface area contributed by atoms with E-state index >= 15 is 0 Å². The third-order valence-corrected chi connectivity index (χ3v) is 6.80. The number of anilines is 2. The summed E-state index contributed by atoms with van der Waals surface area (Å²) in [5.74, 6) is 6.80. The number of carbonyl (C=O) groups excluding carboxylic acids is 2. The van der Waals surface area contributed by atoms with Crippen LogP contribution in [0.2, 0.25) is 0 Å². The highest BCUT2D eigenvalue weighted by atomic mass is 16.3. The van der Waals surface area contributed by atoms with Gasteiger partial charge in [-0.25, -0.2) is 15.0 Å². The third-order valence-electron chi connectivity index (χ3n) is 6.80. The minimum Gasteiger partial charge on any atom is -0.444 e. The molecule has 0 bridgehead atoms. The highest BCUT2D eigenvalue weighted by Gasteiger charge is 2.24. The van der Waals surface area contributed by atoms with Gasteiger partial charge in [-0.2, -0.15) is 0 Å². The van der Waals surface area contributed by atoms with Crippen LogP contribution in [0.5, 0.6) is 0 Å². The molecule has 5 aromatic rings. The first kappa shape index (κ1) is 25.6. The molecular weight excluding hydrogens is 518 g/mol. The van der Waals surface area contributed by atoms with Crippen LogP contribution >= 0.6 is 0 Å². The summed E-state index contributed by atoms with van der Waals surface area (Å²) in [6.45, 7) is 0.588. The molecule has 2 aromatic carbocycles. The molecule has 0 spiro atoms. The Morgan fingerprint density at radius 2 is 2.02 bits per heavy atom. The number of hydrogen-bond donors (Lipinski definition) is 3. The monoisotopic (exact) mass is 543 g/mol. The molecule has 10 nitrogen and oxygen atoms in total. The Hall–Kier alpha value is -5.69. The predicted molar refractivity (Wildman–Crippen MR) is 154 cm³/mol. The smallest absolute Gasteiger partial charge is 0.253 e. The lowest BCUT2D eigenvalue weighted by Crippen LogP contribution is -2.31. The summed E-state index contributed by atoms with van der Waals surface area (Å²) in [5.41, 5.74) is 12.4. The summed E-state index contributed by atoms with van der Waals surface area (Å²) in [6.07, 6.45) is 5.48. The number of aromatic nitrogens is 4. The molecule has 1 aliphatic heterocycles. The zero-order chi connectivity index (χ0) is 28.3. The molecule has 0 saturated heterocycles. The summed E-state index contributed by atoms with van der Waals surface area (Å²) in [6, 6.07) is 16.7. The standard InChI is InChI=1S/C31H25N7O3/c1-38-25-10-11-34-30(40)24(25)15-26(38)29-22(16-35-31(32)37-29)9-8-19-4-2-5-20(12-19)13-28(39)36-23-7-3-6-21(14-23)27-17-33-18-41-27/h2-7,12,14-18H,10-11,13H2,1H3,(H,34,40)(H,36,39)(H2,32,35,37). The lowest BCUT2D eigenvalue weighted by atomic mass is 10.1. The number of oxazole rings is 1. The Morgan fingerprint density at radius 3 is 2.85 bits per heavy atom. The van der Waals surface area contributed by atoms with Crippen LogP contribution in [-0.2, 0) is 24.7 Å². The second-order valence-corrected chi connectivity index (χ2v) is 9.57. The fraction of sp³-hybridized carbons (Fsp3) is 0.129. The van der Waals surface area contributed by atoms with Gasteiger partial charge in [0.25, 0.3) is 5.91 Å². The first-order valence-electron chi connectivity index (χ1n) is 12.9. The Bertz CT molecular complexity index is 1850. The molecule has 1 aliphatic rings. The second-order valence-electron chi connectivity index (χ2n) is 9.57. The van der Waals surface area contributed by atoms with E-state index in [0.29, 0.717) is 34.8 Å². The van der Waals surface area contributed by atoms with Gasteiger partial charge in [0.05, 0.1) is 29.4 Å². The van der Waals surface area contributed by atoms with Crippen LogP contribution in [0.3, 0.4) is 0 Å². The van der Waals surface area contributed by atoms with Crippen molar-refractivity contribution in [1.82, 2.24) is 24.8 Å². The summed E-state index contributed by atoms with van der Waals surface area (Å²) >= 11 is 0. The number of nitrogens with one attached hydrogen (secondary N) is 2. The van der Waals surface area contributed by atoms with Crippen molar-refractivity contribution in [2.24, 2.45) is 7.05 Å². The lowest BCUT2D eigenvalue weighted by molar-refractivity contribution is -0.115. The molecule has 0 radical (unpaired) electrons. The molecule has 6 rings (SSSR count). The van der Waals surface area contributed by atoms with Crippen molar-refractivity contribution in [3.05, 3.63) is 101 Å². The SMILES string of the molecule is Cn1c(-c2nc(N)ncc2C#Cc2cccc(CC(=O)Nc3cccc(-c4cnco4)c3)c2)cc2c1CCNC2=O. The molecule has 202 valence electrons. The van der Waals surface area contributed by atoms with Gasteiger partial charge >= 0.3 is 0 Å². The minimum atomic E-state index is -0.157. The van der Waals surface area contributed by atoms with Gasteiger partial charge in [-0.15, -0.1) is 0 Å². The predicted octanol–water partition coefficient (Wildman–Crippen LogP) is 3.59. The molecule has 0 atom stereocenters. The summed E-state index contributed by atoms with van der Waals surface area (Å²) in [5, 5.41) is 5.80. The van der Waals surface area contributed by atoms with Crippen molar-refractivity contribution in [3.63, 3.8) is 0 Å². The molecule has 0 fully saturated rings. The maximum Gasteiger partial charge on any atom is 0.253 e. The fourth-order valence-corrected chi connectivity index (χ4v) is 4.84. The fourth-order valence-electron chi connectivity index (χ4n) is 4.84. The van der Waals surface area contributed by atoms with Crippen LogP contribution in [-0.4, -0.2) is 37.9 Å². The van der Waals surface area contributed by atoms with E-state index in [1.165, 1.54) is 6.39 Å². The van der Waals surface area contributed by atoms with Crippen molar-refractivity contribution >= 4 is 23.5 Å². The molecule has 4 N–H and O–H groups in total. The van der Waals surface area contributed by atoms with Gasteiger partial charge in [-0.1, -0.05) is 36.1 Å². The maximum absolute atomic E-state index is 12.8. The van der Waals surface area contributed by atoms with Crippen LogP contribution in [0, 0.1) is 11.8 Å². The molecule has 0 unspecified atom stereocenters. The highest BCUT2D eigenvalue weighted by Crippen LogP contribution is 2.28. The van der Waals surface area contributed by atoms with Crippen LogP contribution < -0.4 is 16.4 Å². The third kappa shape index (κ3) is 5.42. The van der Waals surface area contributed by atoms with E-state index in [2.05, 4.69) is 37.4 Å². The van der Waals surface area contributed by atoms with Crippen LogP contribution in [0.25, 0.3) is 22.7 Å². The molecule has 0 aliphatic carbocycles. The number of fused-ring (bicyclic) bond motifs is 1. The summed E-state index contributed by atoms with van der Waals surface area (Å²) in [4.78, 5) is 37.7. The van der Waals surface area contributed by atoms with E-state index in [1.807, 2.05) is 66.2 Å². The molecule has 4 heterocycles. The Kier molecular flexibility index (Phi) is 6.75. The summed E-state index contributed by atoms with van der Waals surface area (Å²) < 4.78 is 7.30. The zero-order valence-electron chi connectivity index (χ0n) is 22.1. The molecule has 0 saturated carbocycles. The average Bonchev–Trinajstić information content (AvgIpc) is 3.62. The average molecular weight is 544 g/mol. The summed E-state index contributed by atoms with van der Waals surface area (Å²) in [7, 11) is 1.90. The van der Waals surface area contributed by atoms with Gasteiger partial charge in [-0.05, 0) is 35.9 Å². The van der Waals surface area contributed by atoms with Gasteiger partial charge in [0.2, 0.25) is 11.9 Å². The van der Waals surface area contributed by atoms with Crippen LogP contribution in [0.15, 0.2) is 77.8 Å². The molecule has 2 amide bonds. The number of nitrogen functional groups attached to an aromatic ring is 1. The van der Waals surface area contributed by atoms with E-state index in [1.54, 1.807) is 12.4 Å². The molecular formula is C31H25N7O3. The van der Waals surface area contributed by atoms with E-state index in [4.69, 9.17) is 10.2 Å². The Morgan fingerprint density at radius 1 is 1.15 bits per heavy atom. The Balaban J connectivity index is 1.21. The van der Waals surface area contributed by atoms with Crippen LogP contribution in [0.4, 0.5) is 11.6 Å². The van der Waals surface area contributed by atoms with Crippen molar-refractivity contribution in [2.75, 3.05) is 17.6 Å². The van der Waals surface area contributed by atoms with E-state index in [0.717, 1.165) is 34.5 Å².